The Morgan fingerprint density at radius 2 is 0.259 bits per heavy atom. The molecular formula is C14HF21O15Zn4. The smallest absolute Gasteiger partial charge is 2.00 e. The number of aliphatic carboxylic acids is 7. The maximum absolute atomic E-state index is 10.5. The van der Waals surface area contributed by atoms with Crippen molar-refractivity contribution in [2.24, 2.45) is 0 Å². The molecule has 0 radical (unpaired) electrons. The van der Waals surface area contributed by atoms with Gasteiger partial charge in [-0.15, -0.1) is 0 Å². The van der Waals surface area contributed by atoms with E-state index in [0.717, 1.165) is 0 Å². The van der Waals surface area contributed by atoms with Gasteiger partial charge >= 0.3 is 123 Å². The van der Waals surface area contributed by atoms with Gasteiger partial charge in [0.2, 0.25) is 0 Å². The van der Waals surface area contributed by atoms with Crippen LogP contribution >= 0.6 is 0 Å². The summed E-state index contributed by atoms with van der Waals surface area (Å²) in [6.07, 6.45) is -36.4. The molecule has 0 aromatic heterocycles. The second-order valence-electron chi connectivity index (χ2n) is 5.50. The van der Waals surface area contributed by atoms with Gasteiger partial charge in [0.1, 0.15) is 41.8 Å². The van der Waals surface area contributed by atoms with Gasteiger partial charge in [-0.1, -0.05) is 0 Å². The van der Waals surface area contributed by atoms with Crippen LogP contribution in [0.1, 0.15) is 1.43 Å². The standard InChI is InChI=1S/7C2HF3O2.O.4Zn/c7*3-2(4,5)1(6)7;;;;;/h7*(H,6,7);;;;;/q;;;;;;;-2;4*+2/p-6. The molecule has 0 heterocycles. The molecule has 0 aliphatic carbocycles. The first-order valence-corrected chi connectivity index (χ1v) is 8.58. The number of rotatable bonds is 0. The summed E-state index contributed by atoms with van der Waals surface area (Å²) < 4.78 is 221. The average molecular weight is 1070 g/mol. The zero-order chi connectivity index (χ0) is 42.5. The first-order chi connectivity index (χ1) is 20.6. The monoisotopic (exact) mass is 1060 g/mol. The molecule has 0 rings (SSSR count). The van der Waals surface area contributed by atoms with Gasteiger partial charge in [-0.25, -0.2) is 0 Å². The van der Waals surface area contributed by atoms with E-state index in [1.165, 1.54) is 0 Å². The third kappa shape index (κ3) is 74.4. The Balaban J connectivity index is -0.0000000334. The van der Waals surface area contributed by atoms with Crippen molar-refractivity contribution in [2.45, 2.75) is 43.2 Å². The van der Waals surface area contributed by atoms with Gasteiger partial charge in [-0.3, -0.25) is 0 Å². The molecule has 0 atom stereocenters. The fraction of sp³-hybridized carbons (Fsp3) is 0.500. The number of hydrogen-bond acceptors (Lipinski definition) is 14. The molecule has 0 saturated carbocycles. The molecule has 0 fully saturated rings. The second kappa shape index (κ2) is 33.6. The van der Waals surface area contributed by atoms with E-state index in [0.29, 0.717) is 0 Å². The molecule has 0 spiro atoms. The van der Waals surface area contributed by atoms with Gasteiger partial charge in [0.05, 0.1) is 0 Å². The summed E-state index contributed by atoms with van der Waals surface area (Å²) in [6, 6.07) is 0. The molecule has 40 heteroatoms. The SMILES string of the molecule is O=C([O-])C(F)(F)F.O=C([O-])C(F)(F)F.O=C([O-])C(F)(F)F.O=C([O-])C(F)(F)F.O=C([O-])C(F)(F)F.O=C([O-])C(F)(F)F.O=C([O-])C(F)(F)F.[H+].[O-2].[Zn+2].[Zn+2].[Zn+2].[Zn+2]. The summed E-state index contributed by atoms with van der Waals surface area (Å²) >= 11 is 0. The summed E-state index contributed by atoms with van der Waals surface area (Å²) in [4.78, 5) is 61.5. The Labute approximate surface area is 330 Å². The fourth-order valence-electron chi connectivity index (χ4n) is 0. The first-order valence-electron chi connectivity index (χ1n) is 8.58. The van der Waals surface area contributed by atoms with Gasteiger partial charge < -0.3 is 74.8 Å². The average Bonchev–Trinajstić information content (AvgIpc) is 2.77. The molecule has 0 amide bonds. The minimum absolute atomic E-state index is 0. The van der Waals surface area contributed by atoms with Gasteiger partial charge in [-0.05, 0) is 0 Å². The number of halogens is 21. The normalized spacial score (nSPS) is 10.2. The Morgan fingerprint density at radius 1 is 0.241 bits per heavy atom. The van der Waals surface area contributed by atoms with E-state index in [4.69, 9.17) is 69.3 Å². The van der Waals surface area contributed by atoms with Crippen LogP contribution in [0.4, 0.5) is 92.2 Å². The van der Waals surface area contributed by atoms with Crippen molar-refractivity contribution < 1.29 is 246 Å². The van der Waals surface area contributed by atoms with Crippen LogP contribution in [0, 0.1) is 0 Å². The number of carbonyl (C=O) groups is 7. The molecular weight excluding hydrogens is 1070 g/mol. The third-order valence-electron chi connectivity index (χ3n) is 1.62. The zero-order valence-corrected chi connectivity index (χ0v) is 35.8. The Kier molecular flexibility index (Phi) is 52.3. The molecule has 0 aliphatic rings. The second-order valence-corrected chi connectivity index (χ2v) is 5.50. The molecule has 0 saturated heterocycles. The van der Waals surface area contributed by atoms with Crippen LogP contribution in [0.5, 0.6) is 0 Å². The number of carbonyl (C=O) groups excluding carboxylic acids is 7. The van der Waals surface area contributed by atoms with Crippen LogP contribution in [-0.4, -0.2) is 85.0 Å². The van der Waals surface area contributed by atoms with Gasteiger partial charge in [0.25, 0.3) is 0 Å². The van der Waals surface area contributed by atoms with Crippen molar-refractivity contribution in [3.63, 3.8) is 0 Å². The fourth-order valence-corrected chi connectivity index (χ4v) is 0. The molecule has 0 aromatic rings. The zero-order valence-electron chi connectivity index (χ0n) is 24.9. The molecule has 15 nitrogen and oxygen atoms in total. The van der Waals surface area contributed by atoms with E-state index in [2.05, 4.69) is 0 Å². The van der Waals surface area contributed by atoms with E-state index in [9.17, 15) is 92.2 Å². The van der Waals surface area contributed by atoms with Crippen molar-refractivity contribution in [3.8, 4) is 0 Å². The summed E-state index contributed by atoms with van der Waals surface area (Å²) in [5.74, 6) is -21.0. The van der Waals surface area contributed by atoms with Gasteiger partial charge in [0, 0.05) is 0 Å². The van der Waals surface area contributed by atoms with Crippen molar-refractivity contribution in [1.82, 2.24) is 0 Å². The van der Waals surface area contributed by atoms with Crippen LogP contribution in [0.25, 0.3) is 0 Å². The molecule has 0 bridgehead atoms. The summed E-state index contributed by atoms with van der Waals surface area (Å²) in [6.45, 7) is 0. The van der Waals surface area contributed by atoms with Crippen LogP contribution in [0.3, 0.4) is 0 Å². The Morgan fingerprint density at radius 3 is 0.259 bits per heavy atom. The van der Waals surface area contributed by atoms with E-state index in [1.54, 1.807) is 0 Å². The Hall–Kier alpha value is -2.73. The predicted octanol–water partition coefficient (Wildman–Crippen LogP) is -4.93. The largest absolute Gasteiger partial charge is 2.00 e. The molecule has 0 N–H and O–H groups in total. The van der Waals surface area contributed by atoms with E-state index >= 15 is 0 Å². The maximum atomic E-state index is 10.5. The van der Waals surface area contributed by atoms with Crippen molar-refractivity contribution in [1.29, 1.82) is 0 Å². The first kappa shape index (κ1) is 84.0. The van der Waals surface area contributed by atoms with E-state index in [1.807, 2.05) is 0 Å². The number of carboxylic acid groups (broad SMARTS) is 7. The maximum Gasteiger partial charge on any atom is 2.00 e. The van der Waals surface area contributed by atoms with Crippen molar-refractivity contribution in [2.75, 3.05) is 0 Å². The van der Waals surface area contributed by atoms with E-state index in [-0.39, 0.29) is 84.8 Å². The minimum Gasteiger partial charge on any atom is -2.00 e. The molecule has 0 aliphatic heterocycles. The molecule has 0 aromatic carbocycles. The molecule has 302 valence electrons. The van der Waals surface area contributed by atoms with Gasteiger partial charge in [-0.2, -0.15) is 92.2 Å². The van der Waals surface area contributed by atoms with Gasteiger partial charge in [0.15, 0.2) is 0 Å². The topological polar surface area (TPSA) is 309 Å². The minimum atomic E-state index is -5.19. The predicted molar refractivity (Wildman–Crippen MR) is 79.2 cm³/mol. The third-order valence-corrected chi connectivity index (χ3v) is 1.62. The number of carboxylic acids is 7. The Bertz CT molecular complexity index is 849. The summed E-state index contributed by atoms with van der Waals surface area (Å²) in [7, 11) is 0. The summed E-state index contributed by atoms with van der Waals surface area (Å²) in [5.41, 5.74) is 0. The van der Waals surface area contributed by atoms with Crippen LogP contribution in [0.2, 0.25) is 0 Å². The van der Waals surface area contributed by atoms with Crippen LogP contribution < -0.4 is 35.7 Å². The molecule has 54 heavy (non-hydrogen) atoms. The van der Waals surface area contributed by atoms with Crippen molar-refractivity contribution >= 4 is 41.8 Å². The summed E-state index contributed by atoms with van der Waals surface area (Å²) in [5, 5.41) is 61.5. The molecule has 0 unspecified atom stereocenters. The van der Waals surface area contributed by atoms with Crippen LogP contribution in [-0.2, 0) is 117 Å². The van der Waals surface area contributed by atoms with Crippen molar-refractivity contribution in [3.05, 3.63) is 0 Å². The number of alkyl halides is 21. The van der Waals surface area contributed by atoms with E-state index < -0.39 is 85.0 Å². The number of hydrogen-bond donors (Lipinski definition) is 0. The quantitative estimate of drug-likeness (QED) is 0.162. The van der Waals surface area contributed by atoms with Crippen LogP contribution in [0.15, 0.2) is 0 Å².